The number of hydrogen-bond donors (Lipinski definition) is 3. The number of hydrogen-bond acceptors (Lipinski definition) is 12. The van der Waals surface area contributed by atoms with E-state index in [4.69, 9.17) is 21.1 Å². The van der Waals surface area contributed by atoms with Crippen LogP contribution in [0.2, 0.25) is 5.02 Å². The van der Waals surface area contributed by atoms with Gasteiger partial charge >= 0.3 is 6.09 Å². The van der Waals surface area contributed by atoms with Crippen LogP contribution in [0, 0.1) is 18.3 Å². The van der Waals surface area contributed by atoms with Crippen molar-refractivity contribution in [3.8, 4) is 17.0 Å². The first-order valence-electron chi connectivity index (χ1n) is 20.3. The summed E-state index contributed by atoms with van der Waals surface area (Å²) < 4.78 is 11.5. The average Bonchev–Trinajstić information content (AvgIpc) is 3.44. The van der Waals surface area contributed by atoms with Crippen molar-refractivity contribution in [1.82, 2.24) is 25.1 Å². The molecule has 2 aromatic heterocycles. The zero-order valence-corrected chi connectivity index (χ0v) is 33.3. The largest absolute Gasteiger partial charge is 0.474 e. The number of nitrogens with zero attached hydrogens (tertiary/aromatic N) is 5. The van der Waals surface area contributed by atoms with Crippen molar-refractivity contribution in [2.45, 2.75) is 57.6 Å². The first kappa shape index (κ1) is 37.5. The Labute approximate surface area is 344 Å². The minimum atomic E-state index is -0.975. The number of benzene rings is 2. The molecule has 1 aliphatic carbocycles. The molecule has 0 radical (unpaired) electrons. The van der Waals surface area contributed by atoms with Crippen LogP contribution in [0.1, 0.15) is 64.8 Å². The second kappa shape index (κ2) is 14.5. The number of carbonyl (C=O) groups is 5. The van der Waals surface area contributed by atoms with Gasteiger partial charge in [-0.25, -0.2) is 14.8 Å². The molecule has 15 nitrogen and oxygen atoms in total. The van der Waals surface area contributed by atoms with E-state index >= 15 is 0 Å². The Hall–Kier alpha value is -5.80. The SMILES string of the molecule is Cc1c(-c2ccc3cnc(NC(=O)OC4CC5(CCN(CC6CN(c7ccc8c(c7)C(=O)N(C7CCC(=O)NC7=O)C8=O)C6)CC5)C4)cc3c2Cl)cnc2c1NCCO2. The Morgan fingerprint density at radius 2 is 1.76 bits per heavy atom. The number of imide groups is 2. The van der Waals surface area contributed by atoms with Crippen LogP contribution < -0.4 is 25.6 Å². The van der Waals surface area contributed by atoms with Crippen molar-refractivity contribution in [1.29, 1.82) is 0 Å². The molecule has 4 fully saturated rings. The van der Waals surface area contributed by atoms with Crippen LogP contribution in [0.3, 0.4) is 0 Å². The van der Waals surface area contributed by atoms with Gasteiger partial charge in [-0.1, -0.05) is 23.7 Å². The Morgan fingerprint density at radius 1 is 0.983 bits per heavy atom. The monoisotopic (exact) mass is 818 g/mol. The molecule has 1 unspecified atom stereocenters. The lowest BCUT2D eigenvalue weighted by atomic mass is 9.61. The second-order valence-electron chi connectivity index (χ2n) is 16.8. The third kappa shape index (κ3) is 6.69. The second-order valence-corrected chi connectivity index (χ2v) is 17.2. The molecule has 3 N–H and O–H groups in total. The van der Waals surface area contributed by atoms with E-state index in [0.29, 0.717) is 41.4 Å². The first-order valence-corrected chi connectivity index (χ1v) is 20.7. The molecule has 10 rings (SSSR count). The fraction of sp³-hybridized carbons (Fsp3) is 0.419. The molecule has 3 saturated heterocycles. The summed E-state index contributed by atoms with van der Waals surface area (Å²) in [6, 6.07) is 10.0. The number of halogens is 1. The smallest absolute Gasteiger partial charge is 0.413 e. The van der Waals surface area contributed by atoms with Gasteiger partial charge in [0.05, 0.1) is 16.1 Å². The molecular formula is C43H43ClN8O7. The van der Waals surface area contributed by atoms with Crippen LogP contribution in [0.15, 0.2) is 48.8 Å². The van der Waals surface area contributed by atoms with Gasteiger partial charge in [-0.2, -0.15) is 0 Å². The van der Waals surface area contributed by atoms with E-state index in [1.807, 2.05) is 25.1 Å². The minimum absolute atomic E-state index is 0.0886. The molecule has 1 saturated carbocycles. The lowest BCUT2D eigenvalue weighted by Gasteiger charge is -2.52. The van der Waals surface area contributed by atoms with Gasteiger partial charge in [-0.15, -0.1) is 0 Å². The highest BCUT2D eigenvalue weighted by Crippen LogP contribution is 2.50. The van der Waals surface area contributed by atoms with E-state index in [0.717, 1.165) is 102 Å². The number of aromatic nitrogens is 2. The summed E-state index contributed by atoms with van der Waals surface area (Å²) in [5.74, 6) is -0.553. The van der Waals surface area contributed by atoms with Crippen molar-refractivity contribution < 1.29 is 33.4 Å². The number of anilines is 3. The Morgan fingerprint density at radius 3 is 2.56 bits per heavy atom. The number of carbonyl (C=O) groups excluding carboxylic acids is 5. The van der Waals surface area contributed by atoms with Crippen LogP contribution >= 0.6 is 11.6 Å². The Bertz CT molecular complexity index is 2460. The van der Waals surface area contributed by atoms with Gasteiger partial charge in [0.2, 0.25) is 17.7 Å². The average molecular weight is 819 g/mol. The van der Waals surface area contributed by atoms with E-state index in [-0.39, 0.29) is 29.9 Å². The van der Waals surface area contributed by atoms with Crippen molar-refractivity contribution in [3.05, 3.63) is 70.5 Å². The Balaban J connectivity index is 0.686. The summed E-state index contributed by atoms with van der Waals surface area (Å²) >= 11 is 6.98. The lowest BCUT2D eigenvalue weighted by Crippen LogP contribution is -2.55. The van der Waals surface area contributed by atoms with E-state index in [9.17, 15) is 24.0 Å². The highest BCUT2D eigenvalue weighted by atomic mass is 35.5. The van der Waals surface area contributed by atoms with Gasteiger partial charge in [-0.3, -0.25) is 34.7 Å². The van der Waals surface area contributed by atoms with Crippen LogP contribution in [0.5, 0.6) is 5.88 Å². The molecule has 59 heavy (non-hydrogen) atoms. The number of rotatable bonds is 7. The number of piperidine rings is 2. The standard InChI is InChI=1S/C43H43ClN8O7/c1-23-32(19-47-39-37(23)45-10-13-58-39)28-4-2-25-18-46-34(15-30(25)36(28)44)48-42(57)59-27-16-43(17-27)8-11-50(12-9-43)20-24-21-51(22-24)26-3-5-29-31(14-26)41(56)52(40(29)55)33-6-7-35(53)49-38(33)54/h2-5,14-15,18-19,24,27,33,45H,6-13,16-17,20-22H2,1H3,(H,46,48,57)(H,49,53,54). The van der Waals surface area contributed by atoms with Gasteiger partial charge in [0, 0.05) is 78.5 Å². The number of likely N-dealkylation sites (tertiary alicyclic amines) is 1. The molecule has 2 aromatic carbocycles. The summed E-state index contributed by atoms with van der Waals surface area (Å²) in [4.78, 5) is 78.1. The van der Waals surface area contributed by atoms with Gasteiger partial charge in [0.25, 0.3) is 11.8 Å². The highest BCUT2D eigenvalue weighted by Gasteiger charge is 2.48. The zero-order valence-electron chi connectivity index (χ0n) is 32.5. The molecule has 5 aliphatic heterocycles. The topological polar surface area (TPSA) is 175 Å². The highest BCUT2D eigenvalue weighted by molar-refractivity contribution is 6.38. The number of pyridine rings is 2. The maximum Gasteiger partial charge on any atom is 0.413 e. The van der Waals surface area contributed by atoms with E-state index in [1.165, 1.54) is 0 Å². The summed E-state index contributed by atoms with van der Waals surface area (Å²) in [7, 11) is 0. The molecule has 4 aromatic rings. The Kier molecular flexibility index (Phi) is 9.20. The van der Waals surface area contributed by atoms with Gasteiger partial charge in [0.15, 0.2) is 0 Å². The molecule has 5 amide bonds. The number of ether oxygens (including phenoxy) is 2. The first-order chi connectivity index (χ1) is 28.5. The third-order valence-corrected chi connectivity index (χ3v) is 13.5. The molecule has 304 valence electrons. The number of amides is 5. The summed E-state index contributed by atoms with van der Waals surface area (Å²) in [5, 5.41) is 10.6. The summed E-state index contributed by atoms with van der Waals surface area (Å²) in [6.07, 6.45) is 6.85. The minimum Gasteiger partial charge on any atom is -0.474 e. The summed E-state index contributed by atoms with van der Waals surface area (Å²) in [5.41, 5.74) is 5.26. The quantitative estimate of drug-likeness (QED) is 0.203. The van der Waals surface area contributed by atoms with Crippen molar-refractivity contribution in [3.63, 3.8) is 0 Å². The fourth-order valence-corrected chi connectivity index (χ4v) is 10.1. The van der Waals surface area contributed by atoms with Crippen molar-refractivity contribution in [2.24, 2.45) is 11.3 Å². The van der Waals surface area contributed by atoms with Crippen LogP contribution in [0.25, 0.3) is 21.9 Å². The predicted molar refractivity (Wildman–Crippen MR) is 219 cm³/mol. The molecule has 7 heterocycles. The lowest BCUT2D eigenvalue weighted by molar-refractivity contribution is -0.136. The van der Waals surface area contributed by atoms with E-state index < -0.39 is 35.8 Å². The molecule has 0 bridgehead atoms. The van der Waals surface area contributed by atoms with E-state index in [2.05, 4.69) is 35.7 Å². The van der Waals surface area contributed by atoms with Gasteiger partial charge in [0.1, 0.15) is 30.3 Å². The number of fused-ring (bicyclic) bond motifs is 3. The van der Waals surface area contributed by atoms with E-state index in [1.54, 1.807) is 30.6 Å². The molecule has 1 spiro atoms. The van der Waals surface area contributed by atoms with Crippen LogP contribution in [-0.2, 0) is 14.3 Å². The summed E-state index contributed by atoms with van der Waals surface area (Å²) in [6.45, 7) is 7.97. The maximum absolute atomic E-state index is 13.3. The third-order valence-electron chi connectivity index (χ3n) is 13.1. The molecule has 6 aliphatic rings. The molecule has 1 atom stereocenters. The van der Waals surface area contributed by atoms with Crippen molar-refractivity contribution >= 4 is 69.3 Å². The molecular weight excluding hydrogens is 776 g/mol. The van der Waals surface area contributed by atoms with Crippen LogP contribution in [-0.4, -0.2) is 108 Å². The normalized spacial score (nSPS) is 21.6. The molecule has 16 heteroatoms. The van der Waals surface area contributed by atoms with Crippen LogP contribution in [0.4, 0.5) is 22.0 Å². The van der Waals surface area contributed by atoms with Crippen molar-refractivity contribution in [2.75, 3.05) is 61.4 Å². The van der Waals surface area contributed by atoms with Gasteiger partial charge in [-0.05, 0) is 87.4 Å². The number of nitrogens with one attached hydrogen (secondary N) is 3. The van der Waals surface area contributed by atoms with Gasteiger partial charge < -0.3 is 24.6 Å². The predicted octanol–water partition coefficient (Wildman–Crippen LogP) is 5.39. The maximum atomic E-state index is 13.3. The zero-order chi connectivity index (χ0) is 40.6. The fourth-order valence-electron chi connectivity index (χ4n) is 9.76.